The van der Waals surface area contributed by atoms with Gasteiger partial charge in [-0.2, -0.15) is 0 Å². The first-order valence-corrected chi connectivity index (χ1v) is 10.6. The van der Waals surface area contributed by atoms with Crippen molar-refractivity contribution in [2.24, 2.45) is 0 Å². The van der Waals surface area contributed by atoms with Crippen molar-refractivity contribution in [3.05, 3.63) is 71.7 Å². The minimum absolute atomic E-state index is 0.0236. The van der Waals surface area contributed by atoms with Gasteiger partial charge in [0, 0.05) is 17.5 Å². The molecule has 8 nitrogen and oxygen atoms in total. The molecule has 1 saturated heterocycles. The molecule has 4 rings (SSSR count). The number of aliphatic hydroxyl groups is 3. The van der Waals surface area contributed by atoms with Gasteiger partial charge < -0.3 is 20.1 Å². The van der Waals surface area contributed by atoms with Crippen molar-refractivity contribution in [1.82, 2.24) is 15.0 Å². The molecule has 34 heavy (non-hydrogen) atoms. The predicted octanol–water partition coefficient (Wildman–Crippen LogP) is 2.05. The fourth-order valence-corrected chi connectivity index (χ4v) is 4.02. The van der Waals surface area contributed by atoms with Crippen molar-refractivity contribution >= 4 is 5.78 Å². The van der Waals surface area contributed by atoms with E-state index in [0.717, 1.165) is 18.2 Å². The lowest BCUT2D eigenvalue weighted by molar-refractivity contribution is -0.206. The average molecular weight is 477 g/mol. The zero-order valence-electron chi connectivity index (χ0n) is 17.8. The molecular formula is C23H22F3N3O5. The lowest BCUT2D eigenvalue weighted by Crippen LogP contribution is -2.56. The van der Waals surface area contributed by atoms with E-state index in [1.807, 2.05) is 0 Å². The van der Waals surface area contributed by atoms with Crippen LogP contribution in [0.25, 0.3) is 11.3 Å². The van der Waals surface area contributed by atoms with Crippen LogP contribution in [0.4, 0.5) is 13.2 Å². The second kappa shape index (κ2) is 10.0. The van der Waals surface area contributed by atoms with E-state index < -0.39 is 60.3 Å². The number of carbonyl (C=O) groups is 1. The number of aliphatic hydroxyl groups excluding tert-OH is 3. The van der Waals surface area contributed by atoms with Crippen LogP contribution in [-0.2, 0) is 4.74 Å². The van der Waals surface area contributed by atoms with Gasteiger partial charge in [0.1, 0.15) is 35.9 Å². The quantitative estimate of drug-likeness (QED) is 0.446. The molecule has 0 aliphatic carbocycles. The molecule has 1 aromatic heterocycles. The molecule has 5 atom stereocenters. The number of carbonyl (C=O) groups excluding carboxylic acids is 1. The maximum Gasteiger partial charge on any atom is 0.163 e. The highest BCUT2D eigenvalue weighted by molar-refractivity contribution is 5.96. The van der Waals surface area contributed by atoms with E-state index in [1.54, 1.807) is 6.07 Å². The first kappa shape index (κ1) is 24.0. The summed E-state index contributed by atoms with van der Waals surface area (Å²) < 4.78 is 46.9. The summed E-state index contributed by atoms with van der Waals surface area (Å²) in [6, 6.07) is 7.38. The monoisotopic (exact) mass is 477 g/mol. The minimum Gasteiger partial charge on any atom is -0.394 e. The largest absolute Gasteiger partial charge is 0.394 e. The molecule has 3 N–H and O–H groups in total. The topological polar surface area (TPSA) is 118 Å². The van der Waals surface area contributed by atoms with Crippen LogP contribution in [0.3, 0.4) is 0 Å². The van der Waals surface area contributed by atoms with Crippen molar-refractivity contribution in [2.45, 2.75) is 43.3 Å². The van der Waals surface area contributed by atoms with Gasteiger partial charge in [-0.25, -0.2) is 17.9 Å². The number of rotatable bonds is 7. The number of hydrogen-bond acceptors (Lipinski definition) is 7. The zero-order valence-corrected chi connectivity index (χ0v) is 17.8. The second-order valence-electron chi connectivity index (χ2n) is 8.05. The normalized spacial score (nSPS) is 24.8. The number of hydrogen-bond donors (Lipinski definition) is 3. The number of halogens is 3. The second-order valence-corrected chi connectivity index (χ2v) is 8.05. The average Bonchev–Trinajstić information content (AvgIpc) is 3.30. The number of benzene rings is 2. The molecule has 180 valence electrons. The third-order valence-electron chi connectivity index (χ3n) is 5.82. The van der Waals surface area contributed by atoms with Crippen molar-refractivity contribution < 1.29 is 38.0 Å². The minimum atomic E-state index is -1.36. The Balaban J connectivity index is 1.52. The van der Waals surface area contributed by atoms with Crippen molar-refractivity contribution in [3.63, 3.8) is 0 Å². The van der Waals surface area contributed by atoms with Crippen LogP contribution in [0.15, 0.2) is 48.7 Å². The SMILES string of the molecule is O=C(CC[C@@H]1O[C@H](CO)[C@H](O)[C@H](n2cc(-c3cccc(F)c3)nn2)[C@H]1O)c1ccc(F)c(F)c1. The summed E-state index contributed by atoms with van der Waals surface area (Å²) in [7, 11) is 0. The van der Waals surface area contributed by atoms with E-state index in [9.17, 15) is 33.3 Å². The number of Topliss-reactive ketones (excluding diaryl/α,β-unsaturated/α-hetero) is 1. The molecule has 0 spiro atoms. The zero-order chi connectivity index (χ0) is 24.4. The highest BCUT2D eigenvalue weighted by atomic mass is 19.2. The standard InChI is InChI=1S/C23H22F3N3O5/c24-14-3-1-2-12(8-14)17-10-29(28-27-17)21-22(32)19(34-20(11-30)23(21)33)7-6-18(31)13-4-5-15(25)16(26)9-13/h1-5,8-10,19-23,30,32-33H,6-7,11H2/t19-,20+,21+,22-,23-/m0/s1. The van der Waals surface area contributed by atoms with Gasteiger partial charge in [0.05, 0.1) is 18.9 Å². The van der Waals surface area contributed by atoms with E-state index in [4.69, 9.17) is 4.74 Å². The predicted molar refractivity (Wildman–Crippen MR) is 112 cm³/mol. The van der Waals surface area contributed by atoms with Gasteiger partial charge in [-0.3, -0.25) is 4.79 Å². The summed E-state index contributed by atoms with van der Waals surface area (Å²) in [5.41, 5.74) is 0.709. The summed E-state index contributed by atoms with van der Waals surface area (Å²) in [5, 5.41) is 39.2. The molecule has 11 heteroatoms. The Bertz CT molecular complexity index is 1170. The third-order valence-corrected chi connectivity index (χ3v) is 5.82. The summed E-state index contributed by atoms with van der Waals surface area (Å²) >= 11 is 0. The molecule has 1 aliphatic rings. The third kappa shape index (κ3) is 4.87. The lowest BCUT2D eigenvalue weighted by Gasteiger charge is -2.42. The molecule has 2 heterocycles. The molecule has 3 aromatic rings. The Labute approximate surface area is 192 Å². The first-order valence-electron chi connectivity index (χ1n) is 10.6. The Kier molecular flexibility index (Phi) is 7.08. The Hall–Kier alpha value is -3.12. The maximum atomic E-state index is 13.6. The van der Waals surface area contributed by atoms with Gasteiger partial charge in [0.25, 0.3) is 0 Å². The van der Waals surface area contributed by atoms with Gasteiger partial charge in [-0.15, -0.1) is 5.10 Å². The number of aromatic nitrogens is 3. The molecule has 2 aromatic carbocycles. The molecule has 0 bridgehead atoms. The van der Waals surface area contributed by atoms with E-state index in [-0.39, 0.29) is 18.4 Å². The highest BCUT2D eigenvalue weighted by Crippen LogP contribution is 2.33. The van der Waals surface area contributed by atoms with Crippen molar-refractivity contribution in [1.29, 1.82) is 0 Å². The molecule has 0 amide bonds. The fraction of sp³-hybridized carbons (Fsp3) is 0.348. The molecular weight excluding hydrogens is 455 g/mol. The van der Waals surface area contributed by atoms with E-state index in [2.05, 4.69) is 10.3 Å². The van der Waals surface area contributed by atoms with Gasteiger partial charge >= 0.3 is 0 Å². The van der Waals surface area contributed by atoms with Crippen LogP contribution in [0, 0.1) is 17.5 Å². The fourth-order valence-electron chi connectivity index (χ4n) is 4.02. The van der Waals surface area contributed by atoms with E-state index in [1.165, 1.54) is 29.1 Å². The molecule has 1 aliphatic heterocycles. The van der Waals surface area contributed by atoms with E-state index in [0.29, 0.717) is 11.3 Å². The smallest absolute Gasteiger partial charge is 0.163 e. The lowest BCUT2D eigenvalue weighted by atomic mass is 9.89. The Morgan fingerprint density at radius 1 is 1.03 bits per heavy atom. The summed E-state index contributed by atoms with van der Waals surface area (Å²) in [6.07, 6.45) is -3.54. The van der Waals surface area contributed by atoms with Crippen LogP contribution < -0.4 is 0 Å². The van der Waals surface area contributed by atoms with Gasteiger partial charge in [-0.1, -0.05) is 17.3 Å². The molecule has 1 fully saturated rings. The van der Waals surface area contributed by atoms with E-state index >= 15 is 0 Å². The van der Waals surface area contributed by atoms with Gasteiger partial charge in [0.15, 0.2) is 17.4 Å². The van der Waals surface area contributed by atoms with Gasteiger partial charge in [-0.05, 0) is 36.8 Å². The molecule has 0 radical (unpaired) electrons. The van der Waals surface area contributed by atoms with Gasteiger partial charge in [0.2, 0.25) is 0 Å². The van der Waals surface area contributed by atoms with Crippen LogP contribution in [0.2, 0.25) is 0 Å². The van der Waals surface area contributed by atoms with Crippen LogP contribution in [0.5, 0.6) is 0 Å². The number of nitrogens with zero attached hydrogens (tertiary/aromatic N) is 3. The number of ketones is 1. The maximum absolute atomic E-state index is 13.6. The summed E-state index contributed by atoms with van der Waals surface area (Å²) in [5.74, 6) is -3.18. The number of ether oxygens (including phenoxy) is 1. The molecule has 0 saturated carbocycles. The first-order chi connectivity index (χ1) is 16.3. The van der Waals surface area contributed by atoms with Crippen molar-refractivity contribution in [3.8, 4) is 11.3 Å². The summed E-state index contributed by atoms with van der Waals surface area (Å²) in [4.78, 5) is 12.4. The van der Waals surface area contributed by atoms with Crippen LogP contribution in [-0.4, -0.2) is 67.1 Å². The Morgan fingerprint density at radius 3 is 2.50 bits per heavy atom. The van der Waals surface area contributed by atoms with Crippen molar-refractivity contribution in [2.75, 3.05) is 6.61 Å². The summed E-state index contributed by atoms with van der Waals surface area (Å²) in [6.45, 7) is -0.566. The van der Waals surface area contributed by atoms with Crippen LogP contribution in [0.1, 0.15) is 29.2 Å². The molecule has 0 unspecified atom stereocenters. The van der Waals surface area contributed by atoms with Crippen LogP contribution >= 0.6 is 0 Å². The Morgan fingerprint density at radius 2 is 1.79 bits per heavy atom. The highest BCUT2D eigenvalue weighted by Gasteiger charge is 2.45.